The zero-order valence-electron chi connectivity index (χ0n) is 9.52. The van der Waals surface area contributed by atoms with E-state index in [0.717, 1.165) is 19.4 Å². The van der Waals surface area contributed by atoms with Crippen molar-refractivity contribution in [1.82, 2.24) is 5.32 Å². The quantitative estimate of drug-likeness (QED) is 0.796. The van der Waals surface area contributed by atoms with Gasteiger partial charge >= 0.3 is 0 Å². The molecule has 1 unspecified atom stereocenters. The highest BCUT2D eigenvalue weighted by Gasteiger charge is 2.48. The van der Waals surface area contributed by atoms with Gasteiger partial charge in [0.15, 0.2) is 0 Å². The first-order valence-corrected chi connectivity index (χ1v) is 6.30. The van der Waals surface area contributed by atoms with Crippen molar-refractivity contribution in [2.75, 3.05) is 6.54 Å². The van der Waals surface area contributed by atoms with Crippen molar-refractivity contribution >= 4 is 0 Å². The van der Waals surface area contributed by atoms with Crippen molar-refractivity contribution in [1.29, 1.82) is 0 Å². The van der Waals surface area contributed by atoms with Crippen LogP contribution in [0.3, 0.4) is 0 Å². The van der Waals surface area contributed by atoms with E-state index in [-0.39, 0.29) is 0 Å². The van der Waals surface area contributed by atoms with E-state index in [9.17, 15) is 5.11 Å². The lowest BCUT2D eigenvalue weighted by Crippen LogP contribution is -2.56. The molecule has 1 saturated carbocycles. The van der Waals surface area contributed by atoms with Gasteiger partial charge in [-0.1, -0.05) is 43.2 Å². The highest BCUT2D eigenvalue weighted by molar-refractivity contribution is 5.24. The molecule has 1 saturated heterocycles. The van der Waals surface area contributed by atoms with Crippen molar-refractivity contribution in [2.24, 2.45) is 5.92 Å². The molecule has 0 bridgehead atoms. The third kappa shape index (κ3) is 1.57. The topological polar surface area (TPSA) is 32.3 Å². The van der Waals surface area contributed by atoms with Crippen LogP contribution >= 0.6 is 0 Å². The zero-order chi connectivity index (χ0) is 11.0. The number of hydrogen-bond acceptors (Lipinski definition) is 2. The summed E-state index contributed by atoms with van der Waals surface area (Å²) in [5.41, 5.74) is 0.922. The Morgan fingerprint density at radius 1 is 1.12 bits per heavy atom. The minimum Gasteiger partial charge on any atom is -0.389 e. The third-order valence-electron chi connectivity index (χ3n) is 4.28. The molecule has 1 heterocycles. The Balaban J connectivity index is 1.79. The minimum absolute atomic E-state index is 0.365. The van der Waals surface area contributed by atoms with Crippen LogP contribution in [0.15, 0.2) is 30.3 Å². The lowest BCUT2D eigenvalue weighted by molar-refractivity contribution is -0.0580. The fourth-order valence-electron chi connectivity index (χ4n) is 3.22. The van der Waals surface area contributed by atoms with Crippen LogP contribution in [0.4, 0.5) is 0 Å². The molecule has 0 radical (unpaired) electrons. The van der Waals surface area contributed by atoms with Crippen LogP contribution in [0.1, 0.15) is 37.3 Å². The van der Waals surface area contributed by atoms with Gasteiger partial charge in [-0.25, -0.2) is 0 Å². The molecule has 16 heavy (non-hydrogen) atoms. The van der Waals surface area contributed by atoms with E-state index in [1.54, 1.807) is 0 Å². The van der Waals surface area contributed by atoms with Crippen molar-refractivity contribution in [3.63, 3.8) is 0 Å². The van der Waals surface area contributed by atoms with E-state index in [1.807, 2.05) is 6.07 Å². The average Bonchev–Trinajstić information content (AvgIpc) is 2.65. The number of hydrogen-bond donors (Lipinski definition) is 2. The van der Waals surface area contributed by atoms with Gasteiger partial charge in [-0.2, -0.15) is 0 Å². The molecular formula is C14H19NO. The highest BCUT2D eigenvalue weighted by Crippen LogP contribution is 2.45. The maximum atomic E-state index is 10.6. The van der Waals surface area contributed by atoms with E-state index < -0.39 is 5.60 Å². The van der Waals surface area contributed by atoms with Gasteiger partial charge in [0.05, 0.1) is 5.60 Å². The molecule has 1 aliphatic carbocycles. The molecular weight excluding hydrogens is 198 g/mol. The summed E-state index contributed by atoms with van der Waals surface area (Å²) >= 11 is 0. The maximum Gasteiger partial charge on any atom is 0.0706 e. The molecule has 1 aromatic carbocycles. The Labute approximate surface area is 96.7 Å². The summed E-state index contributed by atoms with van der Waals surface area (Å²) in [6, 6.07) is 10.9. The number of aliphatic hydroxyl groups is 1. The largest absolute Gasteiger partial charge is 0.389 e. The summed E-state index contributed by atoms with van der Waals surface area (Å²) in [5.74, 6) is 0.414. The summed E-state index contributed by atoms with van der Waals surface area (Å²) in [4.78, 5) is 0. The summed E-state index contributed by atoms with van der Waals surface area (Å²) in [5, 5.41) is 14.1. The fourth-order valence-corrected chi connectivity index (χ4v) is 3.22. The van der Waals surface area contributed by atoms with E-state index in [2.05, 4.69) is 29.6 Å². The Morgan fingerprint density at radius 2 is 1.81 bits per heavy atom. The molecule has 2 N–H and O–H groups in total. The van der Waals surface area contributed by atoms with Crippen LogP contribution in [0.2, 0.25) is 0 Å². The van der Waals surface area contributed by atoms with E-state index in [4.69, 9.17) is 0 Å². The first-order chi connectivity index (χ1) is 7.80. The second-order valence-corrected chi connectivity index (χ2v) is 5.21. The van der Waals surface area contributed by atoms with Gasteiger partial charge in [-0.3, -0.25) is 0 Å². The van der Waals surface area contributed by atoms with Crippen molar-refractivity contribution in [2.45, 2.75) is 37.3 Å². The maximum absolute atomic E-state index is 10.6. The molecule has 1 aromatic rings. The van der Waals surface area contributed by atoms with Gasteiger partial charge in [0.1, 0.15) is 0 Å². The molecule has 86 valence electrons. The molecule has 2 heteroatoms. The molecule has 1 aliphatic heterocycles. The molecule has 2 aliphatic rings. The molecule has 0 aromatic heterocycles. The van der Waals surface area contributed by atoms with Crippen molar-refractivity contribution in [3.05, 3.63) is 35.9 Å². The number of benzene rings is 1. The summed E-state index contributed by atoms with van der Waals surface area (Å²) in [6.45, 7) is 0.968. The van der Waals surface area contributed by atoms with Crippen molar-refractivity contribution < 1.29 is 5.11 Å². The lowest BCUT2D eigenvalue weighted by Gasteiger charge is -2.47. The SMILES string of the molecule is OC1([C@@H]2CNC2c2ccccc2)CCCC1. The van der Waals surface area contributed by atoms with Crippen LogP contribution in [-0.2, 0) is 0 Å². The predicted molar refractivity (Wildman–Crippen MR) is 64.1 cm³/mol. The first-order valence-electron chi connectivity index (χ1n) is 6.30. The van der Waals surface area contributed by atoms with Gasteiger partial charge in [0, 0.05) is 18.5 Å². The second-order valence-electron chi connectivity index (χ2n) is 5.21. The summed E-state index contributed by atoms with van der Waals surface area (Å²) in [7, 11) is 0. The third-order valence-corrected chi connectivity index (χ3v) is 4.28. The van der Waals surface area contributed by atoms with Crippen LogP contribution in [-0.4, -0.2) is 17.3 Å². The molecule has 2 atom stereocenters. The van der Waals surface area contributed by atoms with Crippen molar-refractivity contribution in [3.8, 4) is 0 Å². The Kier molecular flexibility index (Phi) is 2.49. The second kappa shape index (κ2) is 3.86. The number of rotatable bonds is 2. The Bertz CT molecular complexity index is 356. The lowest BCUT2D eigenvalue weighted by atomic mass is 9.73. The highest BCUT2D eigenvalue weighted by atomic mass is 16.3. The van der Waals surface area contributed by atoms with E-state index in [1.165, 1.54) is 18.4 Å². The van der Waals surface area contributed by atoms with Gasteiger partial charge in [0.2, 0.25) is 0 Å². The monoisotopic (exact) mass is 217 g/mol. The first kappa shape index (κ1) is 10.3. The standard InChI is InChI=1S/C14H19NO/c16-14(8-4-5-9-14)12-10-15-13(12)11-6-2-1-3-7-11/h1-3,6-7,12-13,15-16H,4-5,8-10H2/t12-,13?/m1/s1. The molecule has 0 spiro atoms. The molecule has 3 rings (SSSR count). The van der Waals surface area contributed by atoms with Gasteiger partial charge in [-0.15, -0.1) is 0 Å². The fraction of sp³-hybridized carbons (Fsp3) is 0.571. The summed E-state index contributed by atoms with van der Waals surface area (Å²) in [6.07, 6.45) is 4.36. The zero-order valence-corrected chi connectivity index (χ0v) is 9.52. The molecule has 0 amide bonds. The van der Waals surface area contributed by atoms with Crippen LogP contribution in [0.25, 0.3) is 0 Å². The normalized spacial score (nSPS) is 32.3. The Hall–Kier alpha value is -0.860. The molecule has 2 nitrogen and oxygen atoms in total. The summed E-state index contributed by atoms with van der Waals surface area (Å²) < 4.78 is 0. The van der Waals surface area contributed by atoms with Crippen LogP contribution in [0, 0.1) is 5.92 Å². The van der Waals surface area contributed by atoms with Crippen LogP contribution < -0.4 is 5.32 Å². The predicted octanol–water partition coefficient (Wildman–Crippen LogP) is 2.25. The van der Waals surface area contributed by atoms with E-state index in [0.29, 0.717) is 12.0 Å². The van der Waals surface area contributed by atoms with Crippen LogP contribution in [0.5, 0.6) is 0 Å². The van der Waals surface area contributed by atoms with Gasteiger partial charge in [0.25, 0.3) is 0 Å². The molecule has 2 fully saturated rings. The Morgan fingerprint density at radius 3 is 2.38 bits per heavy atom. The number of nitrogens with one attached hydrogen (secondary N) is 1. The smallest absolute Gasteiger partial charge is 0.0706 e. The minimum atomic E-state index is -0.397. The van der Waals surface area contributed by atoms with Gasteiger partial charge < -0.3 is 10.4 Å². The average molecular weight is 217 g/mol. The van der Waals surface area contributed by atoms with Gasteiger partial charge in [-0.05, 0) is 18.4 Å². The van der Waals surface area contributed by atoms with E-state index >= 15 is 0 Å².